The van der Waals surface area contributed by atoms with Crippen LogP contribution in [0.1, 0.15) is 52.9 Å². The maximum atomic E-state index is 11.9. The molecule has 1 saturated heterocycles. The number of carboxylic acids is 1. The summed E-state index contributed by atoms with van der Waals surface area (Å²) in [4.78, 5) is 24.3. The molecule has 0 radical (unpaired) electrons. The van der Waals surface area contributed by atoms with Crippen LogP contribution in [0.5, 0.6) is 0 Å². The number of hydrogen-bond donors (Lipinski definition) is 1. The van der Waals surface area contributed by atoms with E-state index in [9.17, 15) is 9.59 Å². The summed E-state index contributed by atoms with van der Waals surface area (Å²) in [5.74, 6) is -0.336. The van der Waals surface area contributed by atoms with Gasteiger partial charge in [-0.25, -0.2) is 4.79 Å². The Morgan fingerprint density at radius 1 is 1.26 bits per heavy atom. The van der Waals surface area contributed by atoms with Crippen LogP contribution < -0.4 is 0 Å². The highest BCUT2D eigenvalue weighted by Gasteiger charge is 2.25. The Bertz CT molecular complexity index is 322. The molecule has 1 aliphatic heterocycles. The van der Waals surface area contributed by atoms with Gasteiger partial charge in [0, 0.05) is 19.5 Å². The molecular weight excluding hydrogens is 246 g/mol. The SMILES string of the molecule is CC(C)(C)OC(=O)N1CCCC(CCC(=O)O)CC1. The van der Waals surface area contributed by atoms with Gasteiger partial charge in [-0.15, -0.1) is 0 Å². The van der Waals surface area contributed by atoms with Crippen LogP contribution in [0.15, 0.2) is 0 Å². The first-order valence-corrected chi connectivity index (χ1v) is 6.97. The summed E-state index contributed by atoms with van der Waals surface area (Å²) in [7, 11) is 0. The zero-order valence-electron chi connectivity index (χ0n) is 12.1. The minimum atomic E-state index is -0.742. The molecule has 1 aliphatic rings. The number of amides is 1. The molecule has 0 saturated carbocycles. The van der Waals surface area contributed by atoms with Gasteiger partial charge in [0.05, 0.1) is 0 Å². The standard InChI is InChI=1S/C14H25NO4/c1-14(2,3)19-13(18)15-9-4-5-11(8-10-15)6-7-12(16)17/h11H,4-10H2,1-3H3,(H,16,17). The van der Waals surface area contributed by atoms with Gasteiger partial charge in [0.2, 0.25) is 0 Å². The summed E-state index contributed by atoms with van der Waals surface area (Å²) < 4.78 is 5.36. The zero-order valence-corrected chi connectivity index (χ0v) is 12.1. The van der Waals surface area contributed by atoms with Crippen molar-refractivity contribution in [3.8, 4) is 0 Å². The second kappa shape index (κ2) is 6.78. The van der Waals surface area contributed by atoms with Gasteiger partial charge in [-0.3, -0.25) is 4.79 Å². The predicted octanol–water partition coefficient (Wildman–Crippen LogP) is 2.89. The highest BCUT2D eigenvalue weighted by molar-refractivity contribution is 5.68. The van der Waals surface area contributed by atoms with E-state index in [1.165, 1.54) is 0 Å². The second-order valence-electron chi connectivity index (χ2n) is 6.20. The first-order valence-electron chi connectivity index (χ1n) is 6.97. The third-order valence-corrected chi connectivity index (χ3v) is 3.27. The van der Waals surface area contributed by atoms with Gasteiger partial charge < -0.3 is 14.7 Å². The Labute approximate surface area is 114 Å². The van der Waals surface area contributed by atoms with E-state index in [4.69, 9.17) is 9.84 Å². The minimum absolute atomic E-state index is 0.219. The Morgan fingerprint density at radius 2 is 1.95 bits per heavy atom. The Morgan fingerprint density at radius 3 is 2.53 bits per heavy atom. The highest BCUT2D eigenvalue weighted by atomic mass is 16.6. The summed E-state index contributed by atoms with van der Waals surface area (Å²) in [5, 5.41) is 8.70. The van der Waals surface area contributed by atoms with Crippen LogP contribution in [0.25, 0.3) is 0 Å². The molecule has 1 N–H and O–H groups in total. The molecule has 5 heteroatoms. The van der Waals surface area contributed by atoms with Crippen LogP contribution in [-0.2, 0) is 9.53 Å². The molecule has 1 amide bonds. The van der Waals surface area contributed by atoms with Gasteiger partial charge in [0.25, 0.3) is 0 Å². The van der Waals surface area contributed by atoms with Crippen molar-refractivity contribution in [3.63, 3.8) is 0 Å². The monoisotopic (exact) mass is 271 g/mol. The lowest BCUT2D eigenvalue weighted by atomic mass is 9.95. The fourth-order valence-electron chi connectivity index (χ4n) is 2.29. The van der Waals surface area contributed by atoms with E-state index in [0.29, 0.717) is 25.4 Å². The molecule has 1 unspecified atom stereocenters. The van der Waals surface area contributed by atoms with E-state index < -0.39 is 11.6 Å². The second-order valence-corrected chi connectivity index (χ2v) is 6.20. The molecule has 1 fully saturated rings. The van der Waals surface area contributed by atoms with Gasteiger partial charge in [-0.2, -0.15) is 0 Å². The average molecular weight is 271 g/mol. The molecule has 0 aromatic rings. The summed E-state index contributed by atoms with van der Waals surface area (Å²) in [6.45, 7) is 6.95. The van der Waals surface area contributed by atoms with E-state index in [2.05, 4.69) is 0 Å². The van der Waals surface area contributed by atoms with E-state index >= 15 is 0 Å². The molecule has 1 rings (SSSR count). The largest absolute Gasteiger partial charge is 0.481 e. The molecular formula is C14H25NO4. The van der Waals surface area contributed by atoms with Crippen LogP contribution in [0, 0.1) is 5.92 Å². The Kier molecular flexibility index (Phi) is 5.63. The quantitative estimate of drug-likeness (QED) is 0.857. The molecule has 5 nitrogen and oxygen atoms in total. The van der Waals surface area contributed by atoms with Crippen LogP contribution in [0.4, 0.5) is 4.79 Å². The van der Waals surface area contributed by atoms with Gasteiger partial charge in [0.1, 0.15) is 5.60 Å². The topological polar surface area (TPSA) is 66.8 Å². The molecule has 19 heavy (non-hydrogen) atoms. The number of nitrogens with zero attached hydrogens (tertiary/aromatic N) is 1. The average Bonchev–Trinajstić information content (AvgIpc) is 2.49. The van der Waals surface area contributed by atoms with Crippen molar-refractivity contribution in [2.24, 2.45) is 5.92 Å². The van der Waals surface area contributed by atoms with Crippen LogP contribution in [-0.4, -0.2) is 40.8 Å². The van der Waals surface area contributed by atoms with Gasteiger partial charge in [-0.1, -0.05) is 0 Å². The number of rotatable bonds is 3. The Hall–Kier alpha value is -1.26. The van der Waals surface area contributed by atoms with Gasteiger partial charge in [-0.05, 0) is 52.4 Å². The number of carbonyl (C=O) groups is 2. The molecule has 110 valence electrons. The summed E-state index contributed by atoms with van der Waals surface area (Å²) >= 11 is 0. The minimum Gasteiger partial charge on any atom is -0.481 e. The van der Waals surface area contributed by atoms with Crippen molar-refractivity contribution in [2.45, 2.75) is 58.5 Å². The number of carbonyl (C=O) groups excluding carboxylic acids is 1. The lowest BCUT2D eigenvalue weighted by molar-refractivity contribution is -0.137. The van der Waals surface area contributed by atoms with Crippen molar-refractivity contribution in [3.05, 3.63) is 0 Å². The molecule has 0 spiro atoms. The van der Waals surface area contributed by atoms with Crippen LogP contribution in [0.3, 0.4) is 0 Å². The number of likely N-dealkylation sites (tertiary alicyclic amines) is 1. The van der Waals surface area contributed by atoms with Crippen molar-refractivity contribution in [2.75, 3.05) is 13.1 Å². The molecule has 0 aliphatic carbocycles. The van der Waals surface area contributed by atoms with Crippen LogP contribution in [0.2, 0.25) is 0 Å². The lowest BCUT2D eigenvalue weighted by Gasteiger charge is -2.26. The predicted molar refractivity (Wildman–Crippen MR) is 72.0 cm³/mol. The lowest BCUT2D eigenvalue weighted by Crippen LogP contribution is -2.37. The van der Waals surface area contributed by atoms with Gasteiger partial charge >= 0.3 is 12.1 Å². The third-order valence-electron chi connectivity index (χ3n) is 3.27. The van der Waals surface area contributed by atoms with Crippen molar-refractivity contribution >= 4 is 12.1 Å². The maximum Gasteiger partial charge on any atom is 0.410 e. The third kappa shape index (κ3) is 6.45. The van der Waals surface area contributed by atoms with E-state index in [-0.39, 0.29) is 12.5 Å². The normalized spacial score (nSPS) is 20.8. The van der Waals surface area contributed by atoms with Gasteiger partial charge in [0.15, 0.2) is 0 Å². The van der Waals surface area contributed by atoms with E-state index in [0.717, 1.165) is 19.3 Å². The fraction of sp³-hybridized carbons (Fsp3) is 0.857. The van der Waals surface area contributed by atoms with Crippen molar-refractivity contribution in [1.82, 2.24) is 4.90 Å². The molecule has 0 aromatic carbocycles. The van der Waals surface area contributed by atoms with E-state index in [1.54, 1.807) is 4.90 Å². The van der Waals surface area contributed by atoms with Crippen LogP contribution >= 0.6 is 0 Å². The smallest absolute Gasteiger partial charge is 0.410 e. The number of hydrogen-bond acceptors (Lipinski definition) is 3. The summed E-state index contributed by atoms with van der Waals surface area (Å²) in [5.41, 5.74) is -0.466. The highest BCUT2D eigenvalue weighted by Crippen LogP contribution is 2.23. The fourth-order valence-corrected chi connectivity index (χ4v) is 2.29. The molecule has 0 aromatic heterocycles. The molecule has 1 heterocycles. The zero-order chi connectivity index (χ0) is 14.5. The Balaban J connectivity index is 2.41. The molecule has 1 atom stereocenters. The number of carboxylic acid groups (broad SMARTS) is 1. The van der Waals surface area contributed by atoms with Crippen molar-refractivity contribution in [1.29, 1.82) is 0 Å². The number of ether oxygens (including phenoxy) is 1. The van der Waals surface area contributed by atoms with E-state index in [1.807, 2.05) is 20.8 Å². The van der Waals surface area contributed by atoms with Crippen molar-refractivity contribution < 1.29 is 19.4 Å². The summed E-state index contributed by atoms with van der Waals surface area (Å²) in [6, 6.07) is 0. The maximum absolute atomic E-state index is 11.9. The first kappa shape index (κ1) is 15.8. The molecule has 0 bridgehead atoms. The first-order chi connectivity index (χ1) is 8.78. The number of aliphatic carboxylic acids is 1. The summed E-state index contributed by atoms with van der Waals surface area (Å²) in [6.07, 6.45) is 3.45.